The highest BCUT2D eigenvalue weighted by Crippen LogP contribution is 2.39. The highest BCUT2D eigenvalue weighted by molar-refractivity contribution is 6.10. The molecule has 0 spiro atoms. The number of aliphatic hydroxyl groups is 1. The van der Waals surface area contributed by atoms with Crippen molar-refractivity contribution in [2.75, 3.05) is 0 Å². The summed E-state index contributed by atoms with van der Waals surface area (Å²) < 4.78 is 0. The number of phenolic OH excluding ortho intramolecular Hbond substituents is 2. The van der Waals surface area contributed by atoms with Crippen molar-refractivity contribution in [2.24, 2.45) is 0 Å². The normalized spacial score (nSPS) is 13.2. The molecule has 2 aromatic heterocycles. The summed E-state index contributed by atoms with van der Waals surface area (Å²) in [7, 11) is 0. The molecule has 5 heteroatoms. The summed E-state index contributed by atoms with van der Waals surface area (Å²) in [6.07, 6.45) is -0.0566. The molecule has 2 heterocycles. The van der Waals surface area contributed by atoms with Crippen molar-refractivity contribution in [1.82, 2.24) is 9.97 Å². The zero-order chi connectivity index (χ0) is 34.9. The van der Waals surface area contributed by atoms with Crippen molar-refractivity contribution in [3.05, 3.63) is 179 Å². The summed E-state index contributed by atoms with van der Waals surface area (Å²) in [6, 6.07) is 51.2. The van der Waals surface area contributed by atoms with E-state index in [0.29, 0.717) is 0 Å². The lowest BCUT2D eigenvalue weighted by atomic mass is 9.83. The molecule has 5 nitrogen and oxygen atoms in total. The molecule has 0 aliphatic heterocycles. The molecule has 0 bridgehead atoms. The van der Waals surface area contributed by atoms with Crippen LogP contribution < -0.4 is 0 Å². The maximum Gasteiger partial charge on any atom is 0.116 e. The zero-order valence-electron chi connectivity index (χ0n) is 28.1. The van der Waals surface area contributed by atoms with E-state index in [0.717, 1.165) is 71.9 Å². The van der Waals surface area contributed by atoms with Crippen LogP contribution in [-0.2, 0) is 6.42 Å². The summed E-state index contributed by atoms with van der Waals surface area (Å²) in [5.41, 5.74) is 9.60. The third-order valence-corrected chi connectivity index (χ3v) is 10.8. The summed E-state index contributed by atoms with van der Waals surface area (Å²) in [4.78, 5) is 7.23. The van der Waals surface area contributed by atoms with Crippen LogP contribution in [0.4, 0.5) is 0 Å². The van der Waals surface area contributed by atoms with Crippen molar-refractivity contribution in [3.8, 4) is 11.5 Å². The predicted octanol–water partition coefficient (Wildman–Crippen LogP) is 11.1. The number of hydrogen-bond acceptors (Lipinski definition) is 3. The summed E-state index contributed by atoms with van der Waals surface area (Å²) >= 11 is 0. The lowest BCUT2D eigenvalue weighted by molar-refractivity contribution is 0.220. The molecule has 52 heavy (non-hydrogen) atoms. The average molecular weight is 675 g/mol. The van der Waals surface area contributed by atoms with Gasteiger partial charge in [0, 0.05) is 49.5 Å². The van der Waals surface area contributed by atoms with E-state index in [-0.39, 0.29) is 17.4 Å². The molecule has 0 aliphatic carbocycles. The third kappa shape index (κ3) is 5.05. The maximum absolute atomic E-state index is 11.7. The van der Waals surface area contributed by atoms with Crippen molar-refractivity contribution in [2.45, 2.75) is 18.4 Å². The van der Waals surface area contributed by atoms with Crippen LogP contribution in [0, 0.1) is 0 Å². The maximum atomic E-state index is 11.7. The molecule has 2 atom stereocenters. The fourth-order valence-corrected chi connectivity index (χ4v) is 8.20. The Morgan fingerprint density at radius 3 is 1.73 bits per heavy atom. The van der Waals surface area contributed by atoms with Crippen LogP contribution in [0.5, 0.6) is 11.5 Å². The Balaban J connectivity index is 1.11. The lowest BCUT2D eigenvalue weighted by Gasteiger charge is -2.20. The molecule has 10 rings (SSSR count). The van der Waals surface area contributed by atoms with Crippen molar-refractivity contribution < 1.29 is 15.3 Å². The fourth-order valence-electron chi connectivity index (χ4n) is 8.20. The Labute approximate surface area is 299 Å². The number of para-hydroxylation sites is 1. The minimum absolute atomic E-state index is 0.0395. The minimum atomic E-state index is -0.813. The van der Waals surface area contributed by atoms with E-state index < -0.39 is 6.10 Å². The number of aromatic amines is 2. The lowest BCUT2D eigenvalue weighted by Crippen LogP contribution is -2.06. The second-order valence-corrected chi connectivity index (χ2v) is 14.0. The Morgan fingerprint density at radius 2 is 0.942 bits per heavy atom. The van der Waals surface area contributed by atoms with Gasteiger partial charge in [-0.3, -0.25) is 0 Å². The fraction of sp³-hybridized carbons (Fsp3) is 0.0638. The van der Waals surface area contributed by atoms with E-state index in [1.54, 1.807) is 18.2 Å². The molecular weight excluding hydrogens is 641 g/mol. The van der Waals surface area contributed by atoms with Gasteiger partial charge in [-0.25, -0.2) is 0 Å². The summed E-state index contributed by atoms with van der Waals surface area (Å²) in [5, 5.41) is 40.4. The topological polar surface area (TPSA) is 92.3 Å². The number of phenols is 2. The molecule has 0 saturated carbocycles. The smallest absolute Gasteiger partial charge is 0.116 e. The van der Waals surface area contributed by atoms with Crippen LogP contribution in [0.2, 0.25) is 0 Å². The number of nitrogens with one attached hydrogen (secondary N) is 2. The first-order valence-corrected chi connectivity index (χ1v) is 17.6. The van der Waals surface area contributed by atoms with Crippen molar-refractivity contribution in [3.63, 3.8) is 0 Å². The molecule has 8 aromatic carbocycles. The number of aromatic nitrogens is 2. The average Bonchev–Trinajstić information content (AvgIpc) is 3.74. The molecule has 0 aliphatic rings. The highest BCUT2D eigenvalue weighted by Gasteiger charge is 2.21. The van der Waals surface area contributed by atoms with Gasteiger partial charge in [-0.05, 0) is 123 Å². The van der Waals surface area contributed by atoms with Crippen LogP contribution in [0.1, 0.15) is 39.8 Å². The summed E-state index contributed by atoms with van der Waals surface area (Å²) in [6.45, 7) is 0. The molecule has 0 radical (unpaired) electrons. The Kier molecular flexibility index (Phi) is 6.85. The van der Waals surface area contributed by atoms with Crippen molar-refractivity contribution in [1.29, 1.82) is 0 Å². The second kappa shape index (κ2) is 11.8. The van der Waals surface area contributed by atoms with E-state index >= 15 is 0 Å². The first-order chi connectivity index (χ1) is 25.4. The quantitative estimate of drug-likeness (QED) is 0.122. The van der Waals surface area contributed by atoms with Gasteiger partial charge in [0.15, 0.2) is 0 Å². The van der Waals surface area contributed by atoms with E-state index in [1.165, 1.54) is 27.5 Å². The van der Waals surface area contributed by atoms with E-state index in [4.69, 9.17) is 0 Å². The van der Waals surface area contributed by atoms with Gasteiger partial charge >= 0.3 is 0 Å². The Bertz CT molecular complexity index is 3010. The monoisotopic (exact) mass is 674 g/mol. The Hall–Kier alpha value is -6.56. The molecule has 0 saturated heterocycles. The van der Waals surface area contributed by atoms with Crippen LogP contribution in [-0.4, -0.2) is 25.3 Å². The number of aromatic hydroxyl groups is 2. The van der Waals surface area contributed by atoms with Gasteiger partial charge in [0.25, 0.3) is 0 Å². The first kappa shape index (κ1) is 30.3. The zero-order valence-corrected chi connectivity index (χ0v) is 28.1. The van der Waals surface area contributed by atoms with Crippen LogP contribution in [0.3, 0.4) is 0 Å². The number of benzene rings is 8. The number of rotatable bonds is 6. The van der Waals surface area contributed by atoms with Gasteiger partial charge < -0.3 is 25.3 Å². The molecule has 5 N–H and O–H groups in total. The number of H-pyrrole nitrogens is 2. The molecule has 0 amide bonds. The Morgan fingerprint density at radius 1 is 0.423 bits per heavy atom. The van der Waals surface area contributed by atoms with Crippen LogP contribution in [0.15, 0.2) is 152 Å². The van der Waals surface area contributed by atoms with Gasteiger partial charge in [-0.2, -0.15) is 0 Å². The molecule has 250 valence electrons. The third-order valence-electron chi connectivity index (χ3n) is 10.8. The first-order valence-electron chi connectivity index (χ1n) is 17.6. The van der Waals surface area contributed by atoms with Gasteiger partial charge in [-0.15, -0.1) is 0 Å². The van der Waals surface area contributed by atoms with E-state index in [1.807, 2.05) is 42.5 Å². The van der Waals surface area contributed by atoms with Gasteiger partial charge in [0.2, 0.25) is 0 Å². The molecule has 10 aromatic rings. The standard InChI is InChI=1S/C47H34N2O3/c50-36-16-12-27-20-31(10-8-29(27)22-36)39(32-14-18-43-40(24-32)38-5-1-2-6-42(38)48-43)25-33-4-3-7-45-46(33)41-26-35(15-19-44(41)49-45)47(52)34-11-9-30-23-37(51)17-13-28(30)21-34/h1-24,26,39,47-52H,25H2. The van der Waals surface area contributed by atoms with E-state index in [9.17, 15) is 15.3 Å². The highest BCUT2D eigenvalue weighted by atomic mass is 16.3. The number of fused-ring (bicyclic) bond motifs is 8. The van der Waals surface area contributed by atoms with Gasteiger partial charge in [-0.1, -0.05) is 84.9 Å². The van der Waals surface area contributed by atoms with Crippen LogP contribution >= 0.6 is 0 Å². The summed E-state index contributed by atoms with van der Waals surface area (Å²) in [5.74, 6) is 0.527. The predicted molar refractivity (Wildman–Crippen MR) is 212 cm³/mol. The largest absolute Gasteiger partial charge is 0.508 e. The molecule has 0 fully saturated rings. The minimum Gasteiger partial charge on any atom is -0.508 e. The SMILES string of the molecule is Oc1ccc2cc(C(O)c3ccc4[nH]c5cccc(CC(c6ccc7cc(O)ccc7c6)c6ccc7[nH]c8ccccc8c7c6)c5c4c3)ccc2c1. The molecular formula is C47H34N2O3. The number of hydrogen-bond donors (Lipinski definition) is 5. The number of aliphatic hydroxyl groups excluding tert-OH is 1. The second-order valence-electron chi connectivity index (χ2n) is 14.0. The van der Waals surface area contributed by atoms with Gasteiger partial charge in [0.1, 0.15) is 17.6 Å². The van der Waals surface area contributed by atoms with Crippen molar-refractivity contribution >= 4 is 65.2 Å². The van der Waals surface area contributed by atoms with E-state index in [2.05, 4.69) is 101 Å². The van der Waals surface area contributed by atoms with Crippen LogP contribution in [0.25, 0.3) is 65.2 Å². The van der Waals surface area contributed by atoms with Gasteiger partial charge in [0.05, 0.1) is 0 Å². The molecule has 2 unspecified atom stereocenters.